The predicted molar refractivity (Wildman–Crippen MR) is 120 cm³/mol. The van der Waals surface area contributed by atoms with Gasteiger partial charge in [0, 0.05) is 22.0 Å². The van der Waals surface area contributed by atoms with Gasteiger partial charge in [-0.15, -0.1) is 0 Å². The molecule has 3 rings (SSSR count). The van der Waals surface area contributed by atoms with E-state index in [2.05, 4.69) is 16.0 Å². The van der Waals surface area contributed by atoms with Gasteiger partial charge in [-0.05, 0) is 66.3 Å². The van der Waals surface area contributed by atoms with Gasteiger partial charge in [-0.3, -0.25) is 9.59 Å². The number of carbonyl (C=O) groups is 2. The van der Waals surface area contributed by atoms with Crippen molar-refractivity contribution >= 4 is 52.1 Å². The minimum atomic E-state index is -0.225. The number of nitrogens with one attached hydrogen (secondary N) is 3. The summed E-state index contributed by atoms with van der Waals surface area (Å²) in [4.78, 5) is 24.3. The van der Waals surface area contributed by atoms with Crippen molar-refractivity contribution in [3.05, 3.63) is 95.0 Å². The van der Waals surface area contributed by atoms with Crippen LogP contribution in [0.3, 0.4) is 0 Å². The van der Waals surface area contributed by atoms with E-state index < -0.39 is 0 Å². The summed E-state index contributed by atoms with van der Waals surface area (Å²) in [6.45, 7) is 0. The SMILES string of the molecule is O=C(Cc1ccc(Cl)cc1)NC(=S)Nc1ccc(NC(=O)c2ccccc2)cc1. The lowest BCUT2D eigenvalue weighted by Crippen LogP contribution is -2.35. The molecule has 0 heterocycles. The summed E-state index contributed by atoms with van der Waals surface area (Å²) >= 11 is 11.0. The molecule has 0 atom stereocenters. The number of hydrogen-bond acceptors (Lipinski definition) is 3. The zero-order chi connectivity index (χ0) is 20.6. The Labute approximate surface area is 179 Å². The van der Waals surface area contributed by atoms with Gasteiger partial charge in [0.25, 0.3) is 5.91 Å². The number of hydrogen-bond donors (Lipinski definition) is 3. The molecule has 0 aromatic heterocycles. The molecule has 3 N–H and O–H groups in total. The minimum absolute atomic E-state index is 0.184. The smallest absolute Gasteiger partial charge is 0.255 e. The average molecular weight is 424 g/mol. The Kier molecular flexibility index (Phi) is 6.94. The van der Waals surface area contributed by atoms with Gasteiger partial charge in [0.1, 0.15) is 0 Å². The minimum Gasteiger partial charge on any atom is -0.332 e. The molecule has 146 valence electrons. The highest BCUT2D eigenvalue weighted by atomic mass is 35.5. The van der Waals surface area contributed by atoms with Crippen molar-refractivity contribution in [3.63, 3.8) is 0 Å². The van der Waals surface area contributed by atoms with Crippen LogP contribution in [0.1, 0.15) is 15.9 Å². The number of halogens is 1. The third-order valence-electron chi connectivity index (χ3n) is 3.97. The van der Waals surface area contributed by atoms with Gasteiger partial charge in [0.2, 0.25) is 5.91 Å². The van der Waals surface area contributed by atoms with Crippen molar-refractivity contribution < 1.29 is 9.59 Å². The molecule has 5 nitrogen and oxygen atoms in total. The van der Waals surface area contributed by atoms with Gasteiger partial charge < -0.3 is 16.0 Å². The fourth-order valence-corrected chi connectivity index (χ4v) is 2.91. The van der Waals surface area contributed by atoms with E-state index in [-0.39, 0.29) is 23.3 Å². The quantitative estimate of drug-likeness (QED) is 0.522. The van der Waals surface area contributed by atoms with Gasteiger partial charge in [0.05, 0.1) is 6.42 Å². The first-order valence-corrected chi connectivity index (χ1v) is 9.60. The van der Waals surface area contributed by atoms with E-state index in [1.54, 1.807) is 60.7 Å². The molecule has 0 saturated heterocycles. The predicted octanol–water partition coefficient (Wildman–Crippen LogP) is 4.65. The van der Waals surface area contributed by atoms with Gasteiger partial charge in [-0.1, -0.05) is 41.9 Å². The molecule has 0 aliphatic rings. The van der Waals surface area contributed by atoms with Crippen molar-refractivity contribution in [2.45, 2.75) is 6.42 Å². The average Bonchev–Trinajstić information content (AvgIpc) is 2.71. The Balaban J connectivity index is 1.49. The van der Waals surface area contributed by atoms with Gasteiger partial charge in [0.15, 0.2) is 5.11 Å². The van der Waals surface area contributed by atoms with Crippen LogP contribution in [0.4, 0.5) is 11.4 Å². The number of anilines is 2. The fraction of sp³-hybridized carbons (Fsp3) is 0.0455. The summed E-state index contributed by atoms with van der Waals surface area (Å²) in [5.41, 5.74) is 2.77. The molecule has 3 aromatic carbocycles. The highest BCUT2D eigenvalue weighted by Gasteiger charge is 2.08. The first-order valence-electron chi connectivity index (χ1n) is 8.81. The lowest BCUT2D eigenvalue weighted by Gasteiger charge is -2.11. The van der Waals surface area contributed by atoms with E-state index >= 15 is 0 Å². The lowest BCUT2D eigenvalue weighted by molar-refractivity contribution is -0.119. The van der Waals surface area contributed by atoms with E-state index in [0.29, 0.717) is 22.0 Å². The normalized spacial score (nSPS) is 10.1. The number of carbonyl (C=O) groups excluding carboxylic acids is 2. The molecule has 0 bridgehead atoms. The highest BCUT2D eigenvalue weighted by Crippen LogP contribution is 2.15. The fourth-order valence-electron chi connectivity index (χ4n) is 2.55. The molecular formula is C22H18ClN3O2S. The summed E-state index contributed by atoms with van der Waals surface area (Å²) in [5, 5.41) is 9.23. The van der Waals surface area contributed by atoms with Crippen LogP contribution in [0.25, 0.3) is 0 Å². The van der Waals surface area contributed by atoms with E-state index in [9.17, 15) is 9.59 Å². The number of thiocarbonyl (C=S) groups is 1. The van der Waals surface area contributed by atoms with Crippen LogP contribution >= 0.6 is 23.8 Å². The summed E-state index contributed by atoms with van der Waals surface area (Å²) in [7, 11) is 0. The molecule has 0 saturated carbocycles. The van der Waals surface area contributed by atoms with Crippen LogP contribution in [0.15, 0.2) is 78.9 Å². The van der Waals surface area contributed by atoms with E-state index in [0.717, 1.165) is 5.56 Å². The second kappa shape index (κ2) is 9.82. The molecular weight excluding hydrogens is 406 g/mol. The highest BCUT2D eigenvalue weighted by molar-refractivity contribution is 7.80. The summed E-state index contributed by atoms with van der Waals surface area (Å²) in [5.74, 6) is -0.409. The van der Waals surface area contributed by atoms with E-state index in [1.807, 2.05) is 18.2 Å². The molecule has 2 amide bonds. The molecule has 0 radical (unpaired) electrons. The van der Waals surface area contributed by atoms with Crippen molar-refractivity contribution in [2.75, 3.05) is 10.6 Å². The topological polar surface area (TPSA) is 70.2 Å². The molecule has 0 aliphatic carbocycles. The van der Waals surface area contributed by atoms with Gasteiger partial charge >= 0.3 is 0 Å². The van der Waals surface area contributed by atoms with Crippen LogP contribution in [0.5, 0.6) is 0 Å². The molecule has 0 aliphatic heterocycles. The van der Waals surface area contributed by atoms with Gasteiger partial charge in [-0.2, -0.15) is 0 Å². The second-order valence-corrected chi connectivity index (χ2v) is 7.05. The second-order valence-electron chi connectivity index (χ2n) is 6.20. The van der Waals surface area contributed by atoms with Crippen LogP contribution < -0.4 is 16.0 Å². The van der Waals surface area contributed by atoms with Crippen LogP contribution in [-0.4, -0.2) is 16.9 Å². The van der Waals surface area contributed by atoms with E-state index in [4.69, 9.17) is 23.8 Å². The first-order chi connectivity index (χ1) is 14.0. The monoisotopic (exact) mass is 423 g/mol. The van der Waals surface area contributed by atoms with Crippen LogP contribution in [-0.2, 0) is 11.2 Å². The van der Waals surface area contributed by atoms with Crippen molar-refractivity contribution in [1.29, 1.82) is 0 Å². The molecule has 29 heavy (non-hydrogen) atoms. The maximum absolute atomic E-state index is 12.2. The Hall–Kier alpha value is -3.22. The number of rotatable bonds is 5. The number of benzene rings is 3. The Morgan fingerprint density at radius 1 is 0.793 bits per heavy atom. The summed E-state index contributed by atoms with van der Waals surface area (Å²) in [6.07, 6.45) is 0.198. The van der Waals surface area contributed by atoms with Crippen molar-refractivity contribution in [3.8, 4) is 0 Å². The maximum atomic E-state index is 12.2. The third-order valence-corrected chi connectivity index (χ3v) is 4.42. The molecule has 7 heteroatoms. The largest absolute Gasteiger partial charge is 0.332 e. The summed E-state index contributed by atoms with van der Waals surface area (Å²) < 4.78 is 0. The standard InChI is InChI=1S/C22H18ClN3O2S/c23-17-8-6-15(7-9-17)14-20(27)26-22(29)25-19-12-10-18(11-13-19)24-21(28)16-4-2-1-3-5-16/h1-13H,14H2,(H,24,28)(H2,25,26,27,29). The zero-order valence-electron chi connectivity index (χ0n) is 15.3. The molecule has 0 spiro atoms. The van der Waals surface area contributed by atoms with Gasteiger partial charge in [-0.25, -0.2) is 0 Å². The summed E-state index contributed by atoms with van der Waals surface area (Å²) in [6, 6.07) is 23.0. The molecule has 0 unspecified atom stereocenters. The molecule has 3 aromatic rings. The first kappa shape index (κ1) is 20.5. The Bertz CT molecular complexity index is 1010. The molecule has 0 fully saturated rings. The Morgan fingerprint density at radius 3 is 2.00 bits per heavy atom. The lowest BCUT2D eigenvalue weighted by atomic mass is 10.1. The third kappa shape index (κ3) is 6.41. The van der Waals surface area contributed by atoms with Crippen LogP contribution in [0.2, 0.25) is 5.02 Å². The maximum Gasteiger partial charge on any atom is 0.255 e. The number of amides is 2. The van der Waals surface area contributed by atoms with E-state index in [1.165, 1.54) is 0 Å². The van der Waals surface area contributed by atoms with Crippen molar-refractivity contribution in [1.82, 2.24) is 5.32 Å². The zero-order valence-corrected chi connectivity index (χ0v) is 16.9. The van der Waals surface area contributed by atoms with Crippen LogP contribution in [0, 0.1) is 0 Å². The van der Waals surface area contributed by atoms with Crippen molar-refractivity contribution in [2.24, 2.45) is 0 Å². The Morgan fingerprint density at radius 2 is 1.38 bits per heavy atom.